The third-order valence-corrected chi connectivity index (χ3v) is 4.97. The average Bonchev–Trinajstić information content (AvgIpc) is 2.57. The molecule has 1 rings (SSSR count). The highest BCUT2D eigenvalue weighted by Gasteiger charge is 2.38. The molecule has 0 amide bonds. The smallest absolute Gasteiger partial charge is 0.341 e. The Balaban J connectivity index is 3.27. The van der Waals surface area contributed by atoms with Crippen LogP contribution in [0, 0.1) is 10.8 Å². The van der Waals surface area contributed by atoms with Crippen molar-refractivity contribution in [2.75, 3.05) is 7.11 Å². The molecule has 0 saturated heterocycles. The van der Waals surface area contributed by atoms with E-state index in [1.807, 2.05) is 65.8 Å². The van der Waals surface area contributed by atoms with Gasteiger partial charge < -0.3 is 9.47 Å². The number of hydrogen-bond acceptors (Lipinski definition) is 4. The van der Waals surface area contributed by atoms with E-state index >= 15 is 0 Å². The summed E-state index contributed by atoms with van der Waals surface area (Å²) < 4.78 is 11.6. The fraction of sp³-hybridized carbons (Fsp3) is 0.522. The number of esters is 2. The van der Waals surface area contributed by atoms with Gasteiger partial charge in [0.2, 0.25) is 0 Å². The lowest BCUT2D eigenvalue weighted by Crippen LogP contribution is -2.42. The van der Waals surface area contributed by atoms with E-state index in [0.717, 1.165) is 10.0 Å². The van der Waals surface area contributed by atoms with Crippen LogP contribution in [0.2, 0.25) is 0 Å². The maximum absolute atomic E-state index is 12.7. The SMILES string of the molecule is COC(=O)C(=C=C(C)C(=O)OC(C(C)(C)C)C(C)(C)C)Cc1ccccc1Br. The molecule has 0 N–H and O–H groups in total. The number of ether oxygens (including phenoxy) is 2. The molecule has 0 spiro atoms. The third-order valence-electron chi connectivity index (χ3n) is 4.20. The van der Waals surface area contributed by atoms with Crippen molar-refractivity contribution in [3.05, 3.63) is 51.2 Å². The van der Waals surface area contributed by atoms with Crippen LogP contribution in [-0.4, -0.2) is 25.2 Å². The van der Waals surface area contributed by atoms with Gasteiger partial charge in [-0.15, -0.1) is 0 Å². The van der Waals surface area contributed by atoms with Crippen LogP contribution in [0.15, 0.2) is 45.6 Å². The summed E-state index contributed by atoms with van der Waals surface area (Å²) in [5, 5.41) is 0. The first-order valence-corrected chi connectivity index (χ1v) is 10.1. The summed E-state index contributed by atoms with van der Waals surface area (Å²) in [7, 11) is 1.31. The minimum atomic E-state index is -0.522. The van der Waals surface area contributed by atoms with E-state index in [9.17, 15) is 9.59 Å². The standard InChI is InChI=1S/C23H31BrO4/c1-15(19(25)28-21(22(2,3)4)23(5,6)7)13-17(20(26)27-8)14-16-11-9-10-12-18(16)24/h9-12,21H,14H2,1-8H3. The fourth-order valence-corrected chi connectivity index (χ4v) is 3.67. The molecule has 1 aromatic rings. The minimum absolute atomic E-state index is 0.224. The first-order chi connectivity index (χ1) is 12.8. The quantitative estimate of drug-likeness (QED) is 0.330. The normalized spacial score (nSPS) is 11.6. The van der Waals surface area contributed by atoms with Gasteiger partial charge in [0.05, 0.1) is 18.3 Å². The second kappa shape index (κ2) is 9.58. The number of halogens is 1. The van der Waals surface area contributed by atoms with Gasteiger partial charge in [0.25, 0.3) is 0 Å². The van der Waals surface area contributed by atoms with Gasteiger partial charge in [0.1, 0.15) is 6.10 Å². The Labute approximate surface area is 177 Å². The summed E-state index contributed by atoms with van der Waals surface area (Å²) in [4.78, 5) is 24.9. The summed E-state index contributed by atoms with van der Waals surface area (Å²) in [5.74, 6) is -1.01. The van der Waals surface area contributed by atoms with E-state index in [-0.39, 0.29) is 28.1 Å². The largest absolute Gasteiger partial charge is 0.465 e. The van der Waals surface area contributed by atoms with Crippen molar-refractivity contribution < 1.29 is 19.1 Å². The monoisotopic (exact) mass is 450 g/mol. The van der Waals surface area contributed by atoms with Crippen LogP contribution in [-0.2, 0) is 25.5 Å². The van der Waals surface area contributed by atoms with Gasteiger partial charge >= 0.3 is 11.9 Å². The number of rotatable bonds is 5. The minimum Gasteiger partial charge on any atom is -0.465 e. The third kappa shape index (κ3) is 6.96. The summed E-state index contributed by atoms with van der Waals surface area (Å²) in [6.07, 6.45) is -0.00479. The van der Waals surface area contributed by atoms with Crippen LogP contribution >= 0.6 is 15.9 Å². The lowest BCUT2D eigenvalue weighted by molar-refractivity contribution is -0.158. The molecule has 154 valence electrons. The van der Waals surface area contributed by atoms with Crippen molar-refractivity contribution >= 4 is 27.9 Å². The Morgan fingerprint density at radius 3 is 2.04 bits per heavy atom. The molecule has 5 heteroatoms. The lowest BCUT2D eigenvalue weighted by atomic mass is 9.74. The molecule has 28 heavy (non-hydrogen) atoms. The van der Waals surface area contributed by atoms with Crippen molar-refractivity contribution in [3.8, 4) is 0 Å². The second-order valence-electron chi connectivity index (χ2n) is 9.01. The van der Waals surface area contributed by atoms with Crippen molar-refractivity contribution in [1.82, 2.24) is 0 Å². The van der Waals surface area contributed by atoms with E-state index in [4.69, 9.17) is 9.47 Å². The molecule has 0 aliphatic heterocycles. The highest BCUT2D eigenvalue weighted by atomic mass is 79.9. The molecule has 0 heterocycles. The highest BCUT2D eigenvalue weighted by Crippen LogP contribution is 2.36. The van der Waals surface area contributed by atoms with E-state index in [0.29, 0.717) is 6.42 Å². The fourth-order valence-electron chi connectivity index (χ4n) is 3.25. The Bertz CT molecular complexity index is 774. The van der Waals surface area contributed by atoms with E-state index < -0.39 is 11.9 Å². The molecular weight excluding hydrogens is 420 g/mol. The molecule has 0 fully saturated rings. The first kappa shape index (κ1) is 24.2. The Morgan fingerprint density at radius 1 is 1.04 bits per heavy atom. The van der Waals surface area contributed by atoms with Gasteiger partial charge in [-0.1, -0.05) is 81.4 Å². The molecule has 0 aliphatic carbocycles. The second-order valence-corrected chi connectivity index (χ2v) is 9.86. The van der Waals surface area contributed by atoms with Crippen LogP contribution < -0.4 is 0 Å². The molecule has 1 aromatic carbocycles. The molecule has 0 radical (unpaired) electrons. The zero-order valence-electron chi connectivity index (χ0n) is 18.1. The van der Waals surface area contributed by atoms with Gasteiger partial charge in [-0.05, 0) is 29.4 Å². The average molecular weight is 451 g/mol. The van der Waals surface area contributed by atoms with Gasteiger partial charge in [-0.2, -0.15) is 0 Å². The molecule has 0 aromatic heterocycles. The number of carbonyl (C=O) groups is 2. The van der Waals surface area contributed by atoms with Crippen LogP contribution in [0.25, 0.3) is 0 Å². The Hall–Kier alpha value is -1.84. The maximum Gasteiger partial charge on any atom is 0.341 e. The predicted molar refractivity (Wildman–Crippen MR) is 115 cm³/mol. The highest BCUT2D eigenvalue weighted by molar-refractivity contribution is 9.10. The van der Waals surface area contributed by atoms with Gasteiger partial charge in [-0.25, -0.2) is 9.59 Å². The van der Waals surface area contributed by atoms with Crippen molar-refractivity contribution in [2.24, 2.45) is 10.8 Å². The molecule has 0 unspecified atom stereocenters. The number of benzene rings is 1. The van der Waals surface area contributed by atoms with Crippen LogP contribution in [0.3, 0.4) is 0 Å². The molecular formula is C23H31BrO4. The Morgan fingerprint density at radius 2 is 1.57 bits per heavy atom. The van der Waals surface area contributed by atoms with E-state index in [2.05, 4.69) is 21.7 Å². The van der Waals surface area contributed by atoms with Crippen molar-refractivity contribution in [3.63, 3.8) is 0 Å². The Kier molecular flexibility index (Phi) is 8.28. The predicted octanol–water partition coefficient (Wildman–Crippen LogP) is 5.64. The lowest BCUT2D eigenvalue weighted by Gasteiger charge is -2.39. The summed E-state index contributed by atoms with van der Waals surface area (Å²) >= 11 is 3.48. The van der Waals surface area contributed by atoms with Gasteiger partial charge in [0, 0.05) is 10.9 Å². The van der Waals surface area contributed by atoms with Gasteiger partial charge in [0.15, 0.2) is 0 Å². The van der Waals surface area contributed by atoms with Crippen molar-refractivity contribution in [2.45, 2.75) is 61.0 Å². The summed E-state index contributed by atoms with van der Waals surface area (Å²) in [6.45, 7) is 13.8. The molecule has 0 atom stereocenters. The zero-order valence-corrected chi connectivity index (χ0v) is 19.7. The van der Waals surface area contributed by atoms with Crippen molar-refractivity contribution in [1.29, 1.82) is 0 Å². The molecule has 0 saturated carbocycles. The van der Waals surface area contributed by atoms with Crippen LogP contribution in [0.4, 0.5) is 0 Å². The first-order valence-electron chi connectivity index (χ1n) is 9.26. The summed E-state index contributed by atoms with van der Waals surface area (Å²) in [5.41, 5.74) is 3.88. The molecule has 0 aliphatic rings. The molecule has 4 nitrogen and oxygen atoms in total. The van der Waals surface area contributed by atoms with E-state index in [1.165, 1.54) is 7.11 Å². The number of carbonyl (C=O) groups excluding carboxylic acids is 2. The molecule has 0 bridgehead atoms. The zero-order chi connectivity index (χ0) is 21.7. The van der Waals surface area contributed by atoms with Gasteiger partial charge in [-0.3, -0.25) is 0 Å². The topological polar surface area (TPSA) is 52.6 Å². The number of methoxy groups -OCH3 is 1. The maximum atomic E-state index is 12.7. The van der Waals surface area contributed by atoms with Crippen LogP contribution in [0.1, 0.15) is 54.0 Å². The van der Waals surface area contributed by atoms with Crippen LogP contribution in [0.5, 0.6) is 0 Å². The summed E-state index contributed by atoms with van der Waals surface area (Å²) in [6, 6.07) is 7.58. The van der Waals surface area contributed by atoms with E-state index in [1.54, 1.807) is 6.92 Å². The number of hydrogen-bond donors (Lipinski definition) is 0.